The number of carbonyl (C=O) groups is 3. The van der Waals surface area contributed by atoms with Gasteiger partial charge in [-0.25, -0.2) is 5.48 Å². The van der Waals surface area contributed by atoms with E-state index in [1.807, 2.05) is 75.4 Å². The summed E-state index contributed by atoms with van der Waals surface area (Å²) < 4.78 is 5.91. The smallest absolute Gasteiger partial charge is 0.244 e. The van der Waals surface area contributed by atoms with Crippen molar-refractivity contribution in [3.05, 3.63) is 72.8 Å². The van der Waals surface area contributed by atoms with Crippen LogP contribution in [0.3, 0.4) is 0 Å². The summed E-state index contributed by atoms with van der Waals surface area (Å²) in [5, 5.41) is 11.5. The van der Waals surface area contributed by atoms with Crippen LogP contribution in [-0.2, 0) is 20.9 Å². The number of hydrogen-bond acceptors (Lipinski definition) is 5. The summed E-state index contributed by atoms with van der Waals surface area (Å²) in [4.78, 5) is 39.0. The molecule has 2 aromatic rings. The van der Waals surface area contributed by atoms with E-state index in [0.29, 0.717) is 25.3 Å². The largest absolute Gasteiger partial charge is 0.457 e. The molecule has 2 aromatic carbocycles. The Morgan fingerprint density at radius 3 is 2.34 bits per heavy atom. The number of hydrogen-bond donors (Lipinski definition) is 3. The summed E-state index contributed by atoms with van der Waals surface area (Å²) in [5.41, 5.74) is 2.50. The van der Waals surface area contributed by atoms with Crippen LogP contribution in [-0.4, -0.2) is 40.9 Å². The van der Waals surface area contributed by atoms with Gasteiger partial charge in [0.2, 0.25) is 17.7 Å². The summed E-state index contributed by atoms with van der Waals surface area (Å²) in [7, 11) is 0. The molecule has 2 rings (SSSR count). The number of hydroxylamine groups is 1. The fourth-order valence-corrected chi connectivity index (χ4v) is 3.73. The maximum absolute atomic E-state index is 13.0. The lowest BCUT2D eigenvalue weighted by atomic mass is 9.93. The minimum absolute atomic E-state index is 0.136. The number of nitrogens with one attached hydrogen (secondary N) is 2. The second-order valence-electron chi connectivity index (χ2n) is 9.42. The SMILES string of the molecule is C=CC.CCCCN(Cc1cccc(Oc2ccccc2)c1)C(=O)CNC(=O)C(CC(=O)NO)CC(C)C. The Kier molecular flexibility index (Phi) is 15.8. The van der Waals surface area contributed by atoms with E-state index in [2.05, 4.69) is 18.8 Å². The average molecular weight is 526 g/mol. The number of allylic oxidation sites excluding steroid dienone is 1. The molecule has 0 bridgehead atoms. The summed E-state index contributed by atoms with van der Waals surface area (Å²) in [6.45, 7) is 12.0. The second-order valence-corrected chi connectivity index (χ2v) is 9.42. The van der Waals surface area contributed by atoms with E-state index in [0.717, 1.165) is 24.2 Å². The van der Waals surface area contributed by atoms with Crippen molar-refractivity contribution in [1.29, 1.82) is 0 Å². The van der Waals surface area contributed by atoms with Crippen LogP contribution in [0.25, 0.3) is 0 Å². The fourth-order valence-electron chi connectivity index (χ4n) is 3.73. The minimum Gasteiger partial charge on any atom is -0.457 e. The van der Waals surface area contributed by atoms with Gasteiger partial charge in [-0.15, -0.1) is 6.58 Å². The van der Waals surface area contributed by atoms with Gasteiger partial charge < -0.3 is 15.0 Å². The molecule has 0 spiro atoms. The lowest BCUT2D eigenvalue weighted by Gasteiger charge is -2.24. The zero-order chi connectivity index (χ0) is 28.3. The standard InChI is InChI=1S/C27H37N3O5.C3H6/c1-4-5-14-30(19-21-10-9-13-24(16-21)35-23-11-7-6-8-12-23)26(32)18-28-27(33)22(15-20(2)3)17-25(31)29-34;1-3-2/h6-13,16,20,22,34H,4-5,14-15,17-19H2,1-3H3,(H,28,33)(H,29,31);3H,1H2,2H3. The molecule has 0 saturated heterocycles. The molecule has 0 heterocycles. The normalized spacial score (nSPS) is 11.0. The maximum Gasteiger partial charge on any atom is 0.244 e. The summed E-state index contributed by atoms with van der Waals surface area (Å²) in [6.07, 6.45) is 3.86. The van der Waals surface area contributed by atoms with Crippen LogP contribution < -0.4 is 15.5 Å². The van der Waals surface area contributed by atoms with Crippen molar-refractivity contribution in [2.45, 2.75) is 59.9 Å². The van der Waals surface area contributed by atoms with Gasteiger partial charge >= 0.3 is 0 Å². The topological polar surface area (TPSA) is 108 Å². The van der Waals surface area contributed by atoms with Crippen LogP contribution in [0.15, 0.2) is 67.3 Å². The summed E-state index contributed by atoms with van der Waals surface area (Å²) in [6, 6.07) is 17.1. The molecule has 0 aliphatic heterocycles. The van der Waals surface area contributed by atoms with Crippen molar-refractivity contribution in [3.8, 4) is 11.5 Å². The molecule has 208 valence electrons. The zero-order valence-corrected chi connectivity index (χ0v) is 23.1. The second kappa shape index (κ2) is 18.6. The highest BCUT2D eigenvalue weighted by atomic mass is 16.5. The number of benzene rings is 2. The van der Waals surface area contributed by atoms with Crippen molar-refractivity contribution < 1.29 is 24.3 Å². The minimum atomic E-state index is -0.626. The number of ether oxygens (including phenoxy) is 1. The van der Waals surface area contributed by atoms with Crippen LogP contribution >= 0.6 is 0 Å². The highest BCUT2D eigenvalue weighted by Gasteiger charge is 2.24. The molecule has 3 N–H and O–H groups in total. The van der Waals surface area contributed by atoms with E-state index in [9.17, 15) is 14.4 Å². The van der Waals surface area contributed by atoms with E-state index in [1.165, 1.54) is 0 Å². The van der Waals surface area contributed by atoms with Crippen molar-refractivity contribution in [3.63, 3.8) is 0 Å². The van der Waals surface area contributed by atoms with Gasteiger partial charge in [0.25, 0.3) is 0 Å². The Bertz CT molecular complexity index is 994. The quantitative estimate of drug-likeness (QED) is 0.172. The van der Waals surface area contributed by atoms with Crippen molar-refractivity contribution >= 4 is 17.7 Å². The van der Waals surface area contributed by atoms with Gasteiger partial charge in [0.1, 0.15) is 11.5 Å². The van der Waals surface area contributed by atoms with Gasteiger partial charge in [-0.2, -0.15) is 0 Å². The van der Waals surface area contributed by atoms with Crippen molar-refractivity contribution in [1.82, 2.24) is 15.7 Å². The molecule has 0 fully saturated rings. The lowest BCUT2D eigenvalue weighted by molar-refractivity contribution is -0.137. The molecule has 0 saturated carbocycles. The molecular formula is C30H43N3O5. The third-order valence-electron chi connectivity index (χ3n) is 5.48. The molecule has 38 heavy (non-hydrogen) atoms. The molecule has 0 aromatic heterocycles. The zero-order valence-electron chi connectivity index (χ0n) is 23.1. The predicted molar refractivity (Wildman–Crippen MR) is 150 cm³/mol. The Balaban J connectivity index is 0.00000229. The van der Waals surface area contributed by atoms with Gasteiger partial charge in [0, 0.05) is 25.4 Å². The molecule has 1 atom stereocenters. The van der Waals surface area contributed by atoms with Gasteiger partial charge in [-0.1, -0.05) is 63.6 Å². The van der Waals surface area contributed by atoms with Crippen LogP contribution in [0.4, 0.5) is 0 Å². The first-order chi connectivity index (χ1) is 18.2. The molecule has 0 radical (unpaired) electrons. The highest BCUT2D eigenvalue weighted by Crippen LogP contribution is 2.22. The first-order valence-electron chi connectivity index (χ1n) is 13.1. The average Bonchev–Trinajstić information content (AvgIpc) is 2.90. The summed E-state index contributed by atoms with van der Waals surface area (Å²) >= 11 is 0. The molecular weight excluding hydrogens is 482 g/mol. The third-order valence-corrected chi connectivity index (χ3v) is 5.48. The molecule has 0 aliphatic rings. The third kappa shape index (κ3) is 13.1. The van der Waals surface area contributed by atoms with Gasteiger partial charge in [0.15, 0.2) is 0 Å². The molecule has 3 amide bonds. The lowest BCUT2D eigenvalue weighted by Crippen LogP contribution is -2.43. The summed E-state index contributed by atoms with van der Waals surface area (Å²) in [5.74, 6) is -0.217. The van der Waals surface area contributed by atoms with Crippen LogP contribution in [0, 0.1) is 11.8 Å². The van der Waals surface area contributed by atoms with Crippen LogP contribution in [0.2, 0.25) is 0 Å². The number of unbranched alkanes of at least 4 members (excludes halogenated alkanes) is 1. The number of para-hydroxylation sites is 1. The molecule has 8 nitrogen and oxygen atoms in total. The highest BCUT2D eigenvalue weighted by molar-refractivity contribution is 5.88. The molecule has 1 unspecified atom stereocenters. The van der Waals surface area contributed by atoms with E-state index >= 15 is 0 Å². The molecule has 8 heteroatoms. The Morgan fingerprint density at radius 1 is 1.08 bits per heavy atom. The Hall–Kier alpha value is -3.65. The van der Waals surface area contributed by atoms with Gasteiger partial charge in [-0.05, 0) is 55.5 Å². The maximum atomic E-state index is 13.0. The van der Waals surface area contributed by atoms with E-state index < -0.39 is 11.8 Å². The first kappa shape index (κ1) is 32.4. The Morgan fingerprint density at radius 2 is 1.74 bits per heavy atom. The Labute approximate surface area is 227 Å². The van der Waals surface area contributed by atoms with E-state index in [4.69, 9.17) is 9.94 Å². The van der Waals surface area contributed by atoms with E-state index in [-0.39, 0.29) is 30.7 Å². The van der Waals surface area contributed by atoms with Gasteiger partial charge in [0.05, 0.1) is 6.54 Å². The van der Waals surface area contributed by atoms with Crippen molar-refractivity contribution in [2.75, 3.05) is 13.1 Å². The number of nitrogens with zero attached hydrogens (tertiary/aromatic N) is 1. The van der Waals surface area contributed by atoms with Gasteiger partial charge in [-0.3, -0.25) is 19.6 Å². The van der Waals surface area contributed by atoms with Crippen LogP contribution in [0.5, 0.6) is 11.5 Å². The van der Waals surface area contributed by atoms with Crippen LogP contribution in [0.1, 0.15) is 58.9 Å². The molecule has 0 aliphatic carbocycles. The monoisotopic (exact) mass is 525 g/mol. The first-order valence-corrected chi connectivity index (χ1v) is 13.1. The predicted octanol–water partition coefficient (Wildman–Crippen LogP) is 5.47. The van der Waals surface area contributed by atoms with Crippen molar-refractivity contribution in [2.24, 2.45) is 11.8 Å². The number of carbonyl (C=O) groups excluding carboxylic acids is 3. The number of amides is 3. The number of rotatable bonds is 14. The van der Waals surface area contributed by atoms with E-state index in [1.54, 1.807) is 16.5 Å². The fraction of sp³-hybridized carbons (Fsp3) is 0.433.